The van der Waals surface area contributed by atoms with Gasteiger partial charge in [-0.1, -0.05) is 0 Å². The fourth-order valence-electron chi connectivity index (χ4n) is 2.05. The molecule has 0 bridgehead atoms. The first-order chi connectivity index (χ1) is 8.43. The molecule has 1 rings (SSSR count). The lowest BCUT2D eigenvalue weighted by atomic mass is 10.2. The zero-order valence-corrected chi connectivity index (χ0v) is 10.9. The summed E-state index contributed by atoms with van der Waals surface area (Å²) in [5.74, 6) is -0.581. The van der Waals surface area contributed by atoms with Crippen molar-refractivity contribution in [1.29, 1.82) is 0 Å². The first kappa shape index (κ1) is 14.6. The monoisotopic (exact) mass is 255 g/mol. The van der Waals surface area contributed by atoms with Gasteiger partial charge in [0.15, 0.2) is 0 Å². The summed E-state index contributed by atoms with van der Waals surface area (Å²) >= 11 is 0. The Bertz CT molecular complexity index is 341. The van der Waals surface area contributed by atoms with Crippen LogP contribution in [0.25, 0.3) is 0 Å². The van der Waals surface area contributed by atoms with Crippen LogP contribution in [0, 0.1) is 0 Å². The third-order valence-electron chi connectivity index (χ3n) is 2.94. The number of primary amides is 1. The van der Waals surface area contributed by atoms with Crippen molar-refractivity contribution in [3.63, 3.8) is 0 Å². The third-order valence-corrected chi connectivity index (χ3v) is 2.94. The molecule has 3 amide bonds. The van der Waals surface area contributed by atoms with E-state index in [1.165, 1.54) is 4.90 Å². The van der Waals surface area contributed by atoms with Crippen LogP contribution in [-0.2, 0) is 14.4 Å². The van der Waals surface area contributed by atoms with Crippen molar-refractivity contribution in [2.45, 2.75) is 51.6 Å². The lowest BCUT2D eigenvalue weighted by Gasteiger charge is -2.19. The summed E-state index contributed by atoms with van der Waals surface area (Å²) in [7, 11) is 0. The van der Waals surface area contributed by atoms with E-state index in [1.807, 2.05) is 13.8 Å². The van der Waals surface area contributed by atoms with Crippen LogP contribution in [0.15, 0.2) is 0 Å². The van der Waals surface area contributed by atoms with Crippen molar-refractivity contribution in [3.8, 4) is 0 Å². The van der Waals surface area contributed by atoms with Crippen LogP contribution < -0.4 is 11.1 Å². The predicted octanol–water partition coefficient (Wildman–Crippen LogP) is -0.232. The highest BCUT2D eigenvalue weighted by Crippen LogP contribution is 2.16. The van der Waals surface area contributed by atoms with E-state index in [0.717, 1.165) is 6.42 Å². The van der Waals surface area contributed by atoms with Crippen molar-refractivity contribution < 1.29 is 14.4 Å². The van der Waals surface area contributed by atoms with E-state index in [-0.39, 0.29) is 30.2 Å². The minimum Gasteiger partial charge on any atom is -0.370 e. The van der Waals surface area contributed by atoms with Gasteiger partial charge in [0.25, 0.3) is 0 Å². The summed E-state index contributed by atoms with van der Waals surface area (Å²) in [6.45, 7) is 4.26. The van der Waals surface area contributed by atoms with E-state index in [0.29, 0.717) is 19.4 Å². The summed E-state index contributed by atoms with van der Waals surface area (Å²) in [5, 5.41) is 3.06. The predicted molar refractivity (Wildman–Crippen MR) is 66.4 cm³/mol. The van der Waals surface area contributed by atoms with E-state index in [1.54, 1.807) is 0 Å². The maximum atomic E-state index is 11.9. The maximum absolute atomic E-state index is 11.9. The molecule has 1 atom stereocenters. The number of likely N-dealkylation sites (tertiary alicyclic amines) is 1. The first-order valence-electron chi connectivity index (χ1n) is 6.31. The Morgan fingerprint density at radius 2 is 2.11 bits per heavy atom. The topological polar surface area (TPSA) is 92.5 Å². The van der Waals surface area contributed by atoms with E-state index in [9.17, 15) is 14.4 Å². The molecule has 1 aliphatic heterocycles. The Morgan fingerprint density at radius 1 is 1.44 bits per heavy atom. The van der Waals surface area contributed by atoms with Crippen molar-refractivity contribution in [3.05, 3.63) is 0 Å². The van der Waals surface area contributed by atoms with Gasteiger partial charge in [-0.2, -0.15) is 0 Å². The largest absolute Gasteiger partial charge is 0.370 e. The number of nitrogens with one attached hydrogen (secondary N) is 1. The van der Waals surface area contributed by atoms with Gasteiger partial charge in [0, 0.05) is 12.5 Å². The van der Waals surface area contributed by atoms with Crippen LogP contribution in [0.5, 0.6) is 0 Å². The molecule has 0 aliphatic carbocycles. The smallest absolute Gasteiger partial charge is 0.247 e. The van der Waals surface area contributed by atoms with Crippen LogP contribution in [0.3, 0.4) is 0 Å². The van der Waals surface area contributed by atoms with E-state index in [4.69, 9.17) is 5.73 Å². The number of hydrogen-bond donors (Lipinski definition) is 2. The highest BCUT2D eigenvalue weighted by molar-refractivity contribution is 6.05. The second kappa shape index (κ2) is 6.49. The minimum absolute atomic E-state index is 0.0911. The zero-order valence-electron chi connectivity index (χ0n) is 10.9. The van der Waals surface area contributed by atoms with E-state index in [2.05, 4.69) is 5.32 Å². The second-order valence-electron chi connectivity index (χ2n) is 4.83. The Hall–Kier alpha value is -1.43. The summed E-state index contributed by atoms with van der Waals surface area (Å²) in [4.78, 5) is 35.4. The highest BCUT2D eigenvalue weighted by Gasteiger charge is 2.39. The first-order valence-corrected chi connectivity index (χ1v) is 6.31. The van der Waals surface area contributed by atoms with Crippen molar-refractivity contribution in [1.82, 2.24) is 10.2 Å². The molecule has 1 saturated heterocycles. The van der Waals surface area contributed by atoms with Gasteiger partial charge in [0.2, 0.25) is 17.7 Å². The number of unbranched alkanes of at least 4 members (excludes halogenated alkanes) is 1. The molecule has 6 heteroatoms. The molecule has 1 unspecified atom stereocenters. The molecular formula is C12H21N3O3. The van der Waals surface area contributed by atoms with Gasteiger partial charge in [-0.3, -0.25) is 19.3 Å². The normalized spacial score (nSPS) is 19.9. The van der Waals surface area contributed by atoms with Gasteiger partial charge in [-0.15, -0.1) is 0 Å². The number of carbonyl (C=O) groups excluding carboxylic acids is 3. The van der Waals surface area contributed by atoms with Crippen LogP contribution in [-0.4, -0.2) is 41.2 Å². The Morgan fingerprint density at radius 3 is 2.61 bits per heavy atom. The Balaban J connectivity index is 2.30. The molecule has 1 aliphatic rings. The number of imide groups is 1. The van der Waals surface area contributed by atoms with Gasteiger partial charge in [0.1, 0.15) is 0 Å². The number of hydrogen-bond acceptors (Lipinski definition) is 4. The zero-order chi connectivity index (χ0) is 13.7. The lowest BCUT2D eigenvalue weighted by Crippen LogP contribution is -2.42. The van der Waals surface area contributed by atoms with Crippen molar-refractivity contribution >= 4 is 17.7 Å². The maximum Gasteiger partial charge on any atom is 0.247 e. The molecule has 0 spiro atoms. The number of rotatable bonds is 7. The van der Waals surface area contributed by atoms with Gasteiger partial charge in [-0.25, -0.2) is 0 Å². The van der Waals surface area contributed by atoms with Gasteiger partial charge in [-0.05, 0) is 33.2 Å². The molecule has 18 heavy (non-hydrogen) atoms. The molecule has 0 saturated carbocycles. The van der Waals surface area contributed by atoms with Crippen LogP contribution in [0.2, 0.25) is 0 Å². The fourth-order valence-corrected chi connectivity index (χ4v) is 2.05. The molecule has 0 aromatic carbocycles. The van der Waals surface area contributed by atoms with Crippen LogP contribution in [0.1, 0.15) is 39.5 Å². The molecule has 0 radical (unpaired) electrons. The molecule has 3 N–H and O–H groups in total. The molecule has 1 heterocycles. The van der Waals surface area contributed by atoms with Crippen molar-refractivity contribution in [2.24, 2.45) is 5.73 Å². The van der Waals surface area contributed by atoms with E-state index < -0.39 is 6.04 Å². The average Bonchev–Trinajstić information content (AvgIpc) is 2.53. The quantitative estimate of drug-likeness (QED) is 0.485. The van der Waals surface area contributed by atoms with Crippen molar-refractivity contribution in [2.75, 3.05) is 6.54 Å². The minimum atomic E-state index is -0.409. The standard InChI is InChI=1S/C12H21N3O3/c1-8(2)15-11(17)7-9(12(15)18)14-6-4-3-5-10(13)16/h8-9,14H,3-7H2,1-2H3,(H2,13,16). The second-order valence-corrected chi connectivity index (χ2v) is 4.83. The molecule has 0 aromatic rings. The summed E-state index contributed by atoms with van der Waals surface area (Å²) in [6.07, 6.45) is 2.05. The summed E-state index contributed by atoms with van der Waals surface area (Å²) < 4.78 is 0. The summed E-state index contributed by atoms with van der Waals surface area (Å²) in [6, 6.07) is -0.500. The third kappa shape index (κ3) is 3.80. The SMILES string of the molecule is CC(C)N1C(=O)CC(NCCCCC(N)=O)C1=O. The van der Waals surface area contributed by atoms with Gasteiger partial charge < -0.3 is 11.1 Å². The fraction of sp³-hybridized carbons (Fsp3) is 0.750. The summed E-state index contributed by atoms with van der Waals surface area (Å²) in [5.41, 5.74) is 5.02. The number of amides is 3. The molecule has 6 nitrogen and oxygen atoms in total. The van der Waals surface area contributed by atoms with Gasteiger partial charge in [0.05, 0.1) is 12.5 Å². The number of nitrogens with two attached hydrogens (primary N) is 1. The number of carbonyl (C=O) groups is 3. The van der Waals surface area contributed by atoms with E-state index >= 15 is 0 Å². The molecule has 102 valence electrons. The Labute approximate surface area is 107 Å². The lowest BCUT2D eigenvalue weighted by molar-refractivity contribution is -0.140. The highest BCUT2D eigenvalue weighted by atomic mass is 16.2. The molecule has 1 fully saturated rings. The Kier molecular flexibility index (Phi) is 5.27. The molecule has 0 aromatic heterocycles. The van der Waals surface area contributed by atoms with Crippen LogP contribution >= 0.6 is 0 Å². The van der Waals surface area contributed by atoms with Crippen LogP contribution in [0.4, 0.5) is 0 Å². The molecular weight excluding hydrogens is 234 g/mol. The van der Waals surface area contributed by atoms with Gasteiger partial charge >= 0.3 is 0 Å². The average molecular weight is 255 g/mol. The number of nitrogens with zero attached hydrogens (tertiary/aromatic N) is 1.